The van der Waals surface area contributed by atoms with Crippen LogP contribution in [0, 0.1) is 11.7 Å². The van der Waals surface area contributed by atoms with E-state index in [1.165, 1.54) is 25.0 Å². The van der Waals surface area contributed by atoms with Crippen molar-refractivity contribution in [2.45, 2.75) is 32.2 Å². The van der Waals surface area contributed by atoms with Crippen LogP contribution in [0.5, 0.6) is 0 Å². The van der Waals surface area contributed by atoms with Crippen LogP contribution in [0.1, 0.15) is 32.2 Å². The Bertz CT molecular complexity index is 590. The van der Waals surface area contributed by atoms with Gasteiger partial charge in [0.1, 0.15) is 5.82 Å². The summed E-state index contributed by atoms with van der Waals surface area (Å²) in [5, 5.41) is 11.8. The number of aromatic nitrogens is 4. The zero-order valence-corrected chi connectivity index (χ0v) is 10.8. The number of hydrogen-bond acceptors (Lipinski definition) is 4. The number of rotatable bonds is 4. The lowest BCUT2D eigenvalue weighted by Crippen LogP contribution is -2.10. The lowest BCUT2D eigenvalue weighted by atomic mass is 10.1. The highest BCUT2D eigenvalue weighted by Gasteiger charge is 2.26. The Labute approximate surface area is 110 Å². The Balaban J connectivity index is 1.93. The number of halogens is 1. The summed E-state index contributed by atoms with van der Waals surface area (Å²) < 4.78 is 14.9. The molecule has 2 N–H and O–H groups in total. The van der Waals surface area contributed by atoms with Gasteiger partial charge in [-0.15, -0.1) is 5.10 Å². The summed E-state index contributed by atoms with van der Waals surface area (Å²) >= 11 is 0. The number of anilines is 1. The van der Waals surface area contributed by atoms with E-state index < -0.39 is 0 Å². The second-order valence-corrected chi connectivity index (χ2v) is 5.21. The molecule has 1 aliphatic rings. The van der Waals surface area contributed by atoms with Crippen molar-refractivity contribution in [2.24, 2.45) is 5.92 Å². The predicted octanol–water partition coefficient (Wildman–Crippen LogP) is 2.42. The van der Waals surface area contributed by atoms with Gasteiger partial charge >= 0.3 is 0 Å². The first kappa shape index (κ1) is 12.1. The van der Waals surface area contributed by atoms with Crippen LogP contribution in [0.2, 0.25) is 0 Å². The Morgan fingerprint density at radius 1 is 1.47 bits per heavy atom. The summed E-state index contributed by atoms with van der Waals surface area (Å²) in [6.45, 7) is 2.10. The van der Waals surface area contributed by atoms with Gasteiger partial charge in [-0.2, -0.15) is 0 Å². The second-order valence-electron chi connectivity index (χ2n) is 5.21. The molecule has 1 unspecified atom stereocenters. The Hall–Kier alpha value is -1.98. The monoisotopic (exact) mass is 261 g/mol. The molecule has 100 valence electrons. The minimum atomic E-state index is -0.355. The average Bonchev–Trinajstić information content (AvgIpc) is 3.04. The van der Waals surface area contributed by atoms with Gasteiger partial charge in [-0.1, -0.05) is 12.8 Å². The summed E-state index contributed by atoms with van der Waals surface area (Å²) in [6, 6.07) is 4.51. The van der Waals surface area contributed by atoms with Gasteiger partial charge in [-0.25, -0.2) is 9.07 Å². The molecule has 5 nitrogen and oxygen atoms in total. The van der Waals surface area contributed by atoms with Gasteiger partial charge in [0, 0.05) is 11.3 Å². The first-order valence-electron chi connectivity index (χ1n) is 6.48. The van der Waals surface area contributed by atoms with Crippen molar-refractivity contribution >= 4 is 5.69 Å². The standard InChI is InChI=1S/C13H16FN5/c1-8(6-9-2-3-9)19-13(16-17-18-19)11-5-4-10(14)7-12(11)15/h4-5,7-9H,2-3,6,15H2,1H3. The summed E-state index contributed by atoms with van der Waals surface area (Å²) in [7, 11) is 0. The fourth-order valence-corrected chi connectivity index (χ4v) is 2.34. The molecule has 0 spiro atoms. The van der Waals surface area contributed by atoms with Gasteiger partial charge in [-0.05, 0) is 47.9 Å². The van der Waals surface area contributed by atoms with Crippen LogP contribution in [0.25, 0.3) is 11.4 Å². The van der Waals surface area contributed by atoms with Crippen molar-refractivity contribution in [3.63, 3.8) is 0 Å². The van der Waals surface area contributed by atoms with E-state index in [2.05, 4.69) is 22.4 Å². The van der Waals surface area contributed by atoms with Crippen LogP contribution < -0.4 is 5.73 Å². The van der Waals surface area contributed by atoms with Gasteiger partial charge in [0.15, 0.2) is 5.82 Å². The Morgan fingerprint density at radius 3 is 2.95 bits per heavy atom. The fourth-order valence-electron chi connectivity index (χ4n) is 2.34. The van der Waals surface area contributed by atoms with E-state index in [9.17, 15) is 4.39 Å². The molecular weight excluding hydrogens is 245 g/mol. The van der Waals surface area contributed by atoms with Crippen molar-refractivity contribution in [1.29, 1.82) is 0 Å². The smallest absolute Gasteiger partial charge is 0.184 e. The topological polar surface area (TPSA) is 69.6 Å². The van der Waals surface area contributed by atoms with Crippen LogP contribution in [-0.4, -0.2) is 20.2 Å². The molecule has 19 heavy (non-hydrogen) atoms. The van der Waals surface area contributed by atoms with E-state index in [4.69, 9.17) is 5.73 Å². The molecule has 1 saturated carbocycles. The number of tetrazole rings is 1. The number of hydrogen-bond donors (Lipinski definition) is 1. The SMILES string of the molecule is CC(CC1CC1)n1nnnc1-c1ccc(F)cc1N. The number of nitrogens with zero attached hydrogens (tertiary/aromatic N) is 4. The summed E-state index contributed by atoms with van der Waals surface area (Å²) in [5.74, 6) is 1.04. The number of nitrogens with two attached hydrogens (primary N) is 1. The molecule has 0 aliphatic heterocycles. The molecule has 3 rings (SSSR count). The van der Waals surface area contributed by atoms with E-state index in [0.29, 0.717) is 17.1 Å². The van der Waals surface area contributed by atoms with Crippen molar-refractivity contribution < 1.29 is 4.39 Å². The third-order valence-electron chi connectivity index (χ3n) is 3.54. The average molecular weight is 261 g/mol. The minimum absolute atomic E-state index is 0.224. The third-order valence-corrected chi connectivity index (χ3v) is 3.54. The quantitative estimate of drug-likeness (QED) is 0.858. The maximum atomic E-state index is 13.1. The van der Waals surface area contributed by atoms with E-state index in [-0.39, 0.29) is 11.9 Å². The second kappa shape index (κ2) is 4.60. The normalized spacial score (nSPS) is 16.5. The lowest BCUT2D eigenvalue weighted by molar-refractivity contribution is 0.430. The van der Waals surface area contributed by atoms with Crippen molar-refractivity contribution in [2.75, 3.05) is 5.73 Å². The number of benzene rings is 1. The molecule has 0 saturated heterocycles. The molecule has 0 bridgehead atoms. The Morgan fingerprint density at radius 2 is 2.26 bits per heavy atom. The van der Waals surface area contributed by atoms with E-state index in [1.807, 2.05) is 0 Å². The molecule has 1 aromatic carbocycles. The lowest BCUT2D eigenvalue weighted by Gasteiger charge is -2.13. The van der Waals surface area contributed by atoms with Crippen LogP contribution >= 0.6 is 0 Å². The molecular formula is C13H16FN5. The van der Waals surface area contributed by atoms with Gasteiger partial charge in [-0.3, -0.25) is 0 Å². The zero-order chi connectivity index (χ0) is 13.4. The molecule has 0 radical (unpaired) electrons. The largest absolute Gasteiger partial charge is 0.398 e. The summed E-state index contributed by atoms with van der Waals surface area (Å²) in [4.78, 5) is 0. The van der Waals surface area contributed by atoms with Crippen molar-refractivity contribution in [1.82, 2.24) is 20.2 Å². The predicted molar refractivity (Wildman–Crippen MR) is 69.7 cm³/mol. The molecule has 0 amide bonds. The van der Waals surface area contributed by atoms with Crippen LogP contribution in [0.15, 0.2) is 18.2 Å². The van der Waals surface area contributed by atoms with Crippen LogP contribution in [0.3, 0.4) is 0 Å². The number of nitrogen functional groups attached to an aromatic ring is 1. The summed E-state index contributed by atoms with van der Waals surface area (Å²) in [5.41, 5.74) is 6.88. The van der Waals surface area contributed by atoms with Crippen LogP contribution in [-0.2, 0) is 0 Å². The first-order valence-corrected chi connectivity index (χ1v) is 6.48. The highest BCUT2D eigenvalue weighted by molar-refractivity contribution is 5.71. The zero-order valence-electron chi connectivity index (χ0n) is 10.8. The van der Waals surface area contributed by atoms with Crippen LogP contribution in [0.4, 0.5) is 10.1 Å². The summed E-state index contributed by atoms with van der Waals surface area (Å²) in [6.07, 6.45) is 3.65. The van der Waals surface area contributed by atoms with Gasteiger partial charge < -0.3 is 5.73 Å². The third kappa shape index (κ3) is 2.43. The highest BCUT2D eigenvalue weighted by atomic mass is 19.1. The van der Waals surface area contributed by atoms with Crippen molar-refractivity contribution in [3.8, 4) is 11.4 Å². The van der Waals surface area contributed by atoms with E-state index in [1.54, 1.807) is 10.7 Å². The Kier molecular flexibility index (Phi) is 2.93. The maximum Gasteiger partial charge on any atom is 0.184 e. The van der Waals surface area contributed by atoms with E-state index >= 15 is 0 Å². The first-order chi connectivity index (χ1) is 9.15. The minimum Gasteiger partial charge on any atom is -0.398 e. The molecule has 1 heterocycles. The molecule has 1 aliphatic carbocycles. The molecule has 2 aromatic rings. The molecule has 1 atom stereocenters. The van der Waals surface area contributed by atoms with Gasteiger partial charge in [0.2, 0.25) is 0 Å². The van der Waals surface area contributed by atoms with E-state index in [0.717, 1.165) is 12.3 Å². The van der Waals surface area contributed by atoms with Gasteiger partial charge in [0.05, 0.1) is 6.04 Å². The highest BCUT2D eigenvalue weighted by Crippen LogP contribution is 2.37. The molecule has 6 heteroatoms. The maximum absolute atomic E-state index is 13.1. The van der Waals surface area contributed by atoms with Gasteiger partial charge in [0.25, 0.3) is 0 Å². The fraction of sp³-hybridized carbons (Fsp3) is 0.462. The van der Waals surface area contributed by atoms with Crippen molar-refractivity contribution in [3.05, 3.63) is 24.0 Å². The molecule has 1 aromatic heterocycles. The molecule has 1 fully saturated rings.